The quantitative estimate of drug-likeness (QED) is 0.854. The highest BCUT2D eigenvalue weighted by Gasteiger charge is 2.15. The fourth-order valence-corrected chi connectivity index (χ4v) is 2.33. The number of halogens is 3. The van der Waals surface area contributed by atoms with Crippen LogP contribution in [0.15, 0.2) is 24.3 Å². The van der Waals surface area contributed by atoms with E-state index in [2.05, 4.69) is 10.3 Å². The van der Waals surface area contributed by atoms with Crippen LogP contribution >= 0.6 is 23.2 Å². The van der Waals surface area contributed by atoms with Crippen molar-refractivity contribution >= 4 is 34.8 Å². The predicted octanol–water partition coefficient (Wildman–Crippen LogP) is 4.55. The molecule has 7 heteroatoms. The number of carbonyl (C=O) groups excluding carboxylic acids is 1. The van der Waals surface area contributed by atoms with Crippen molar-refractivity contribution in [3.8, 4) is 5.75 Å². The molecule has 1 amide bonds. The number of hydrogen-bond acceptors (Lipinski definition) is 3. The number of carbonyl (C=O) groups is 1. The van der Waals surface area contributed by atoms with Crippen molar-refractivity contribution < 1.29 is 13.9 Å². The second kappa shape index (κ2) is 7.62. The van der Waals surface area contributed by atoms with Gasteiger partial charge in [0.15, 0.2) is 5.75 Å². The normalized spacial score (nSPS) is 10.5. The first kappa shape index (κ1) is 17.5. The van der Waals surface area contributed by atoms with Gasteiger partial charge in [0.25, 0.3) is 0 Å². The Morgan fingerprint density at radius 1 is 1.17 bits per heavy atom. The van der Waals surface area contributed by atoms with Crippen LogP contribution in [-0.4, -0.2) is 17.5 Å². The van der Waals surface area contributed by atoms with Crippen molar-refractivity contribution in [3.05, 3.63) is 51.5 Å². The number of nitrogens with zero attached hydrogens (tertiary/aromatic N) is 1. The molecule has 1 aromatic carbocycles. The molecule has 0 saturated heterocycles. The fraction of sp³-hybridized carbons (Fsp3) is 0.250. The highest BCUT2D eigenvalue weighted by molar-refractivity contribution is 6.37. The molecule has 2 rings (SSSR count). The standard InChI is InChI=1S/C16H15Cl2FN2O2/c1-9-14(17)16(15(18)10(2)20-9)23-8-7-13(22)21-12-5-3-11(19)4-6-12/h3-6H,7-8H2,1-2H3,(H,21,22). The molecule has 0 saturated carbocycles. The van der Waals surface area contributed by atoms with Gasteiger partial charge in [-0.05, 0) is 38.1 Å². The minimum absolute atomic E-state index is 0.102. The van der Waals surface area contributed by atoms with Crippen LogP contribution < -0.4 is 10.1 Å². The maximum absolute atomic E-state index is 12.8. The smallest absolute Gasteiger partial charge is 0.227 e. The monoisotopic (exact) mass is 356 g/mol. The van der Waals surface area contributed by atoms with E-state index in [9.17, 15) is 9.18 Å². The van der Waals surface area contributed by atoms with Crippen molar-refractivity contribution in [2.45, 2.75) is 20.3 Å². The summed E-state index contributed by atoms with van der Waals surface area (Å²) < 4.78 is 18.3. The first-order valence-electron chi connectivity index (χ1n) is 6.89. The molecule has 4 nitrogen and oxygen atoms in total. The minimum Gasteiger partial charge on any atom is -0.490 e. The van der Waals surface area contributed by atoms with Crippen molar-refractivity contribution in [3.63, 3.8) is 0 Å². The molecule has 23 heavy (non-hydrogen) atoms. The Hall–Kier alpha value is -1.85. The number of pyridine rings is 1. The zero-order valence-electron chi connectivity index (χ0n) is 12.6. The molecule has 0 bridgehead atoms. The number of amides is 1. The molecule has 122 valence electrons. The van der Waals surface area contributed by atoms with Gasteiger partial charge in [0.1, 0.15) is 15.9 Å². The number of rotatable bonds is 5. The van der Waals surface area contributed by atoms with Gasteiger partial charge in [0.05, 0.1) is 24.4 Å². The Balaban J connectivity index is 1.92. The van der Waals surface area contributed by atoms with Crippen LogP contribution in [0, 0.1) is 19.7 Å². The summed E-state index contributed by atoms with van der Waals surface area (Å²) in [6, 6.07) is 5.51. The number of anilines is 1. The number of aromatic nitrogens is 1. The summed E-state index contributed by atoms with van der Waals surface area (Å²) in [5.74, 6) is -0.293. The summed E-state index contributed by atoms with van der Waals surface area (Å²) >= 11 is 12.2. The first-order valence-corrected chi connectivity index (χ1v) is 7.64. The molecule has 0 aliphatic heterocycles. The first-order chi connectivity index (χ1) is 10.9. The molecule has 0 spiro atoms. The molecule has 0 aliphatic carbocycles. The molecule has 1 aromatic heterocycles. The third kappa shape index (κ3) is 4.56. The highest BCUT2D eigenvalue weighted by Crippen LogP contribution is 2.36. The van der Waals surface area contributed by atoms with Gasteiger partial charge in [-0.15, -0.1) is 0 Å². The van der Waals surface area contributed by atoms with Crippen molar-refractivity contribution in [1.82, 2.24) is 4.98 Å². The van der Waals surface area contributed by atoms with Crippen LogP contribution in [-0.2, 0) is 4.79 Å². The minimum atomic E-state index is -0.362. The average Bonchev–Trinajstić information content (AvgIpc) is 2.51. The van der Waals surface area contributed by atoms with E-state index in [4.69, 9.17) is 27.9 Å². The molecular formula is C16H15Cl2FN2O2. The van der Waals surface area contributed by atoms with Crippen molar-refractivity contribution in [1.29, 1.82) is 0 Å². The Labute approximate surface area is 143 Å². The van der Waals surface area contributed by atoms with Crippen molar-refractivity contribution in [2.24, 2.45) is 0 Å². The molecule has 0 fully saturated rings. The topological polar surface area (TPSA) is 51.2 Å². The fourth-order valence-electron chi connectivity index (χ4n) is 1.90. The lowest BCUT2D eigenvalue weighted by Crippen LogP contribution is -2.15. The van der Waals surface area contributed by atoms with Crippen LogP contribution in [0.5, 0.6) is 5.75 Å². The van der Waals surface area contributed by atoms with E-state index in [0.717, 1.165) is 0 Å². The molecule has 0 aliphatic rings. The summed E-state index contributed by atoms with van der Waals surface area (Å²) in [7, 11) is 0. The molecular weight excluding hydrogens is 342 g/mol. The molecule has 1 N–H and O–H groups in total. The zero-order valence-corrected chi connectivity index (χ0v) is 14.1. The van der Waals surface area contributed by atoms with Gasteiger partial charge in [-0.2, -0.15) is 0 Å². The van der Waals surface area contributed by atoms with Crippen LogP contribution in [0.3, 0.4) is 0 Å². The van der Waals surface area contributed by atoms with Gasteiger partial charge in [-0.3, -0.25) is 9.78 Å². The number of ether oxygens (including phenoxy) is 1. The number of aryl methyl sites for hydroxylation is 2. The lowest BCUT2D eigenvalue weighted by Gasteiger charge is -2.13. The molecule has 0 unspecified atom stereocenters. The third-order valence-electron chi connectivity index (χ3n) is 3.07. The second-order valence-corrected chi connectivity index (χ2v) is 5.65. The van der Waals surface area contributed by atoms with Crippen LogP contribution in [0.25, 0.3) is 0 Å². The van der Waals surface area contributed by atoms with Gasteiger partial charge in [-0.1, -0.05) is 23.2 Å². The number of hydrogen-bond donors (Lipinski definition) is 1. The molecule has 2 aromatic rings. The second-order valence-electron chi connectivity index (χ2n) is 4.89. The summed E-state index contributed by atoms with van der Waals surface area (Å²) in [6.45, 7) is 3.61. The van der Waals surface area contributed by atoms with Gasteiger partial charge >= 0.3 is 0 Å². The zero-order chi connectivity index (χ0) is 17.0. The molecule has 1 heterocycles. The van der Waals surface area contributed by atoms with Crippen LogP contribution in [0.2, 0.25) is 10.0 Å². The molecule has 0 radical (unpaired) electrons. The number of benzene rings is 1. The number of nitrogens with one attached hydrogen (secondary N) is 1. The average molecular weight is 357 g/mol. The third-order valence-corrected chi connectivity index (χ3v) is 3.96. The maximum atomic E-state index is 12.8. The van der Waals surface area contributed by atoms with Gasteiger partial charge in [-0.25, -0.2) is 4.39 Å². The molecule has 0 atom stereocenters. The Bertz CT molecular complexity index is 695. The van der Waals surface area contributed by atoms with E-state index in [1.165, 1.54) is 24.3 Å². The van der Waals surface area contributed by atoms with Gasteiger partial charge < -0.3 is 10.1 Å². The van der Waals surface area contributed by atoms with E-state index in [0.29, 0.717) is 32.9 Å². The summed E-state index contributed by atoms with van der Waals surface area (Å²) in [5.41, 5.74) is 1.74. The Kier molecular flexibility index (Phi) is 5.80. The Morgan fingerprint density at radius 2 is 1.74 bits per heavy atom. The SMILES string of the molecule is Cc1nc(C)c(Cl)c(OCCC(=O)Nc2ccc(F)cc2)c1Cl. The van der Waals surface area contributed by atoms with Crippen LogP contribution in [0.4, 0.5) is 10.1 Å². The predicted molar refractivity (Wildman–Crippen MR) is 88.9 cm³/mol. The van der Waals surface area contributed by atoms with E-state index in [1.807, 2.05) is 0 Å². The Morgan fingerprint density at radius 3 is 2.30 bits per heavy atom. The van der Waals surface area contributed by atoms with E-state index >= 15 is 0 Å². The van der Waals surface area contributed by atoms with E-state index in [1.54, 1.807) is 13.8 Å². The van der Waals surface area contributed by atoms with Gasteiger partial charge in [0, 0.05) is 5.69 Å². The van der Waals surface area contributed by atoms with Crippen molar-refractivity contribution in [2.75, 3.05) is 11.9 Å². The summed E-state index contributed by atoms with van der Waals surface area (Å²) in [4.78, 5) is 16.0. The lowest BCUT2D eigenvalue weighted by molar-refractivity contribution is -0.116. The van der Waals surface area contributed by atoms with E-state index in [-0.39, 0.29) is 24.8 Å². The van der Waals surface area contributed by atoms with Crippen LogP contribution in [0.1, 0.15) is 17.8 Å². The van der Waals surface area contributed by atoms with E-state index < -0.39 is 0 Å². The summed E-state index contributed by atoms with van der Waals surface area (Å²) in [6.07, 6.45) is 0.102. The summed E-state index contributed by atoms with van der Waals surface area (Å²) in [5, 5.41) is 3.31. The maximum Gasteiger partial charge on any atom is 0.227 e. The lowest BCUT2D eigenvalue weighted by atomic mass is 10.3. The highest BCUT2D eigenvalue weighted by atomic mass is 35.5. The van der Waals surface area contributed by atoms with Gasteiger partial charge in [0.2, 0.25) is 5.91 Å². The largest absolute Gasteiger partial charge is 0.490 e.